The normalized spacial score (nSPS) is 12.9. The summed E-state index contributed by atoms with van der Waals surface area (Å²) in [5.74, 6) is -0.235. The Kier molecular flexibility index (Phi) is 4.28. The van der Waals surface area contributed by atoms with Gasteiger partial charge in [-0.25, -0.2) is 0 Å². The van der Waals surface area contributed by atoms with Crippen LogP contribution in [0, 0.1) is 0 Å². The van der Waals surface area contributed by atoms with Gasteiger partial charge in [0.1, 0.15) is 0 Å². The summed E-state index contributed by atoms with van der Waals surface area (Å²) in [4.78, 5) is 25.6. The van der Waals surface area contributed by atoms with Crippen molar-refractivity contribution in [3.05, 3.63) is 57.6 Å². The lowest BCUT2D eigenvalue weighted by Crippen LogP contribution is -2.25. The second-order valence-electron chi connectivity index (χ2n) is 5.35. The summed E-state index contributed by atoms with van der Waals surface area (Å²) in [5, 5.41) is 3.58. The molecule has 0 aliphatic carbocycles. The molecule has 0 fully saturated rings. The Balaban J connectivity index is 1.80. The second kappa shape index (κ2) is 6.22. The molecule has 2 aromatic carbocycles. The molecule has 1 heterocycles. The highest BCUT2D eigenvalue weighted by atomic mass is 35.5. The number of carbonyl (C=O) groups is 2. The molecule has 4 nitrogen and oxygen atoms in total. The van der Waals surface area contributed by atoms with Crippen molar-refractivity contribution >= 4 is 46.4 Å². The molecule has 118 valence electrons. The average molecular weight is 349 g/mol. The Hall–Kier alpha value is -2.04. The molecule has 0 atom stereocenters. The summed E-state index contributed by atoms with van der Waals surface area (Å²) in [6, 6.07) is 10.3. The van der Waals surface area contributed by atoms with Gasteiger partial charge in [0.15, 0.2) is 0 Å². The first-order valence-electron chi connectivity index (χ1n) is 7.13. The standard InChI is InChI=1S/C17H14Cl2N2O2/c1-10(22)21-7-6-11-8-13(3-5-16(11)21)20-17(23)12-2-4-14(18)15(19)9-12/h2-5,8-9H,6-7H2,1H3,(H,20,23). The molecule has 2 amide bonds. The van der Waals surface area contributed by atoms with Gasteiger partial charge in [0.25, 0.3) is 5.91 Å². The van der Waals surface area contributed by atoms with Crippen LogP contribution in [0.25, 0.3) is 0 Å². The molecule has 0 spiro atoms. The van der Waals surface area contributed by atoms with Crippen LogP contribution in [0.3, 0.4) is 0 Å². The molecule has 0 unspecified atom stereocenters. The molecule has 6 heteroatoms. The third kappa shape index (κ3) is 3.19. The fourth-order valence-corrected chi connectivity index (χ4v) is 2.95. The highest BCUT2D eigenvalue weighted by molar-refractivity contribution is 6.42. The molecule has 0 aromatic heterocycles. The molecular weight excluding hydrogens is 335 g/mol. The van der Waals surface area contributed by atoms with Gasteiger partial charge < -0.3 is 10.2 Å². The first-order valence-corrected chi connectivity index (χ1v) is 7.89. The van der Waals surface area contributed by atoms with Gasteiger partial charge in [0, 0.05) is 30.4 Å². The highest BCUT2D eigenvalue weighted by Gasteiger charge is 2.22. The molecule has 2 aromatic rings. The smallest absolute Gasteiger partial charge is 0.255 e. The van der Waals surface area contributed by atoms with Crippen LogP contribution in [0.5, 0.6) is 0 Å². The second-order valence-corrected chi connectivity index (χ2v) is 6.16. The van der Waals surface area contributed by atoms with Gasteiger partial charge in [-0.1, -0.05) is 23.2 Å². The van der Waals surface area contributed by atoms with E-state index in [4.69, 9.17) is 23.2 Å². The van der Waals surface area contributed by atoms with Crippen molar-refractivity contribution in [1.29, 1.82) is 0 Å². The van der Waals surface area contributed by atoms with Crippen LogP contribution in [-0.2, 0) is 11.2 Å². The van der Waals surface area contributed by atoms with E-state index >= 15 is 0 Å². The van der Waals surface area contributed by atoms with E-state index < -0.39 is 0 Å². The van der Waals surface area contributed by atoms with Gasteiger partial charge >= 0.3 is 0 Å². The van der Waals surface area contributed by atoms with Crippen molar-refractivity contribution < 1.29 is 9.59 Å². The topological polar surface area (TPSA) is 49.4 Å². The van der Waals surface area contributed by atoms with Crippen LogP contribution >= 0.6 is 23.2 Å². The number of amides is 2. The van der Waals surface area contributed by atoms with E-state index in [-0.39, 0.29) is 11.8 Å². The predicted octanol–water partition coefficient (Wildman–Crippen LogP) is 4.15. The van der Waals surface area contributed by atoms with E-state index in [0.29, 0.717) is 27.8 Å². The molecule has 0 bridgehead atoms. The number of rotatable bonds is 2. The van der Waals surface area contributed by atoms with Gasteiger partial charge in [-0.3, -0.25) is 9.59 Å². The molecule has 1 aliphatic rings. The van der Waals surface area contributed by atoms with Gasteiger partial charge in [-0.2, -0.15) is 0 Å². The number of fused-ring (bicyclic) bond motifs is 1. The highest BCUT2D eigenvalue weighted by Crippen LogP contribution is 2.31. The van der Waals surface area contributed by atoms with E-state index in [1.54, 1.807) is 30.0 Å². The number of anilines is 2. The molecule has 0 saturated heterocycles. The van der Waals surface area contributed by atoms with Crippen LogP contribution in [0.4, 0.5) is 11.4 Å². The molecule has 0 radical (unpaired) electrons. The Morgan fingerprint density at radius 1 is 1.09 bits per heavy atom. The SMILES string of the molecule is CC(=O)N1CCc2cc(NC(=O)c3ccc(Cl)c(Cl)c3)ccc21. The fraction of sp³-hybridized carbons (Fsp3) is 0.176. The van der Waals surface area contributed by atoms with E-state index in [1.807, 2.05) is 12.1 Å². The van der Waals surface area contributed by atoms with Crippen molar-refractivity contribution in [2.75, 3.05) is 16.8 Å². The van der Waals surface area contributed by atoms with Crippen molar-refractivity contribution in [3.63, 3.8) is 0 Å². The van der Waals surface area contributed by atoms with Crippen LogP contribution in [0.2, 0.25) is 10.0 Å². The lowest BCUT2D eigenvalue weighted by molar-refractivity contribution is -0.116. The third-order valence-electron chi connectivity index (χ3n) is 3.79. The van der Waals surface area contributed by atoms with Crippen molar-refractivity contribution in [1.82, 2.24) is 0 Å². The van der Waals surface area contributed by atoms with Crippen LogP contribution in [0.1, 0.15) is 22.8 Å². The number of halogens is 2. The van der Waals surface area contributed by atoms with E-state index in [2.05, 4.69) is 5.32 Å². The lowest BCUT2D eigenvalue weighted by atomic mass is 10.1. The zero-order valence-corrected chi connectivity index (χ0v) is 13.9. The van der Waals surface area contributed by atoms with Gasteiger partial charge in [-0.15, -0.1) is 0 Å². The maximum absolute atomic E-state index is 12.3. The minimum atomic E-state index is -0.259. The van der Waals surface area contributed by atoms with Gasteiger partial charge in [0.2, 0.25) is 5.91 Å². The van der Waals surface area contributed by atoms with Crippen molar-refractivity contribution in [3.8, 4) is 0 Å². The summed E-state index contributed by atoms with van der Waals surface area (Å²) in [5.41, 5.74) is 3.08. The van der Waals surface area contributed by atoms with Crippen LogP contribution in [-0.4, -0.2) is 18.4 Å². The molecule has 1 N–H and O–H groups in total. The monoisotopic (exact) mass is 348 g/mol. The number of carbonyl (C=O) groups excluding carboxylic acids is 2. The first-order chi connectivity index (χ1) is 11.0. The summed E-state index contributed by atoms with van der Waals surface area (Å²) in [6.45, 7) is 2.23. The Labute approximate surface area is 144 Å². The van der Waals surface area contributed by atoms with Crippen LogP contribution < -0.4 is 10.2 Å². The number of nitrogens with one attached hydrogen (secondary N) is 1. The summed E-state index contributed by atoms with van der Waals surface area (Å²) >= 11 is 11.8. The lowest BCUT2D eigenvalue weighted by Gasteiger charge is -2.15. The zero-order chi connectivity index (χ0) is 16.6. The Morgan fingerprint density at radius 2 is 1.87 bits per heavy atom. The maximum Gasteiger partial charge on any atom is 0.255 e. The number of nitrogens with zero attached hydrogens (tertiary/aromatic N) is 1. The third-order valence-corrected chi connectivity index (χ3v) is 4.53. The number of hydrogen-bond donors (Lipinski definition) is 1. The fourth-order valence-electron chi connectivity index (χ4n) is 2.65. The maximum atomic E-state index is 12.3. The summed E-state index contributed by atoms with van der Waals surface area (Å²) in [6.07, 6.45) is 0.783. The van der Waals surface area contributed by atoms with Gasteiger partial charge in [-0.05, 0) is 48.4 Å². The summed E-state index contributed by atoms with van der Waals surface area (Å²) in [7, 11) is 0. The minimum absolute atomic E-state index is 0.0244. The first kappa shape index (κ1) is 15.8. The predicted molar refractivity (Wildman–Crippen MR) is 92.6 cm³/mol. The number of hydrogen-bond acceptors (Lipinski definition) is 2. The molecular formula is C17H14Cl2N2O2. The zero-order valence-electron chi connectivity index (χ0n) is 12.4. The molecule has 0 saturated carbocycles. The van der Waals surface area contributed by atoms with E-state index in [0.717, 1.165) is 17.7 Å². The molecule has 23 heavy (non-hydrogen) atoms. The number of benzene rings is 2. The Morgan fingerprint density at radius 3 is 2.57 bits per heavy atom. The quantitative estimate of drug-likeness (QED) is 0.885. The molecule has 3 rings (SSSR count). The van der Waals surface area contributed by atoms with E-state index in [1.165, 1.54) is 6.07 Å². The van der Waals surface area contributed by atoms with Crippen molar-refractivity contribution in [2.24, 2.45) is 0 Å². The minimum Gasteiger partial charge on any atom is -0.322 e. The molecule has 1 aliphatic heterocycles. The van der Waals surface area contributed by atoms with Gasteiger partial charge in [0.05, 0.1) is 10.0 Å². The van der Waals surface area contributed by atoms with E-state index in [9.17, 15) is 9.59 Å². The van der Waals surface area contributed by atoms with Crippen LogP contribution in [0.15, 0.2) is 36.4 Å². The largest absolute Gasteiger partial charge is 0.322 e. The average Bonchev–Trinajstić information content (AvgIpc) is 2.93. The Bertz CT molecular complexity index is 805. The summed E-state index contributed by atoms with van der Waals surface area (Å²) < 4.78 is 0. The van der Waals surface area contributed by atoms with Crippen molar-refractivity contribution in [2.45, 2.75) is 13.3 Å².